The van der Waals surface area contributed by atoms with Crippen LogP contribution < -0.4 is 16.0 Å². The Hall–Kier alpha value is -1.62. The van der Waals surface area contributed by atoms with E-state index in [2.05, 4.69) is 48.1 Å². The number of pyridine rings is 1. The largest absolute Gasteiger partial charge is 0.357 e. The molecule has 1 aromatic heterocycles. The Balaban J connectivity index is 1.90. The van der Waals surface area contributed by atoms with Gasteiger partial charge in [0.25, 0.3) is 0 Å². The fourth-order valence-corrected chi connectivity index (χ4v) is 2.73. The first-order valence-electron chi connectivity index (χ1n) is 8.11. The van der Waals surface area contributed by atoms with Gasteiger partial charge in [-0.15, -0.1) is 0 Å². The van der Waals surface area contributed by atoms with Crippen LogP contribution in [0.25, 0.3) is 0 Å². The number of nitrogens with two attached hydrogens (primary N) is 1. The van der Waals surface area contributed by atoms with Crippen molar-refractivity contribution >= 4 is 11.7 Å². The van der Waals surface area contributed by atoms with Crippen LogP contribution >= 0.6 is 0 Å². The Morgan fingerprint density at radius 2 is 2.05 bits per heavy atom. The van der Waals surface area contributed by atoms with E-state index in [1.807, 2.05) is 6.20 Å². The number of carbonyl (C=O) groups excluding carboxylic acids is 1. The summed E-state index contributed by atoms with van der Waals surface area (Å²) in [6.07, 6.45) is 3.72. The zero-order valence-electron chi connectivity index (χ0n) is 13.9. The highest BCUT2D eigenvalue weighted by Crippen LogP contribution is 2.25. The second-order valence-electron chi connectivity index (χ2n) is 7.00. The van der Waals surface area contributed by atoms with E-state index in [1.165, 1.54) is 5.56 Å². The lowest BCUT2D eigenvalue weighted by Crippen LogP contribution is -2.42. The molecule has 0 bridgehead atoms. The van der Waals surface area contributed by atoms with Gasteiger partial charge in [-0.3, -0.25) is 4.79 Å². The van der Waals surface area contributed by atoms with Gasteiger partial charge in [-0.25, -0.2) is 4.98 Å². The van der Waals surface area contributed by atoms with E-state index in [0.717, 1.165) is 31.7 Å². The molecular weight excluding hydrogens is 276 g/mol. The van der Waals surface area contributed by atoms with Crippen LogP contribution in [0.4, 0.5) is 5.82 Å². The third kappa shape index (κ3) is 4.19. The third-order valence-electron chi connectivity index (χ3n) is 4.25. The topological polar surface area (TPSA) is 71.2 Å². The van der Waals surface area contributed by atoms with Crippen molar-refractivity contribution in [1.82, 2.24) is 10.3 Å². The average Bonchev–Trinajstić information content (AvgIpc) is 2.52. The minimum absolute atomic E-state index is 0.108. The van der Waals surface area contributed by atoms with Crippen molar-refractivity contribution < 1.29 is 4.79 Å². The number of hydrogen-bond acceptors (Lipinski definition) is 4. The zero-order chi connectivity index (χ0) is 16.2. The Morgan fingerprint density at radius 3 is 2.55 bits per heavy atom. The molecule has 122 valence electrons. The summed E-state index contributed by atoms with van der Waals surface area (Å²) in [5, 5.41) is 2.88. The van der Waals surface area contributed by atoms with E-state index in [9.17, 15) is 4.79 Å². The minimum Gasteiger partial charge on any atom is -0.357 e. The van der Waals surface area contributed by atoms with Gasteiger partial charge in [0.1, 0.15) is 5.82 Å². The molecule has 0 unspecified atom stereocenters. The summed E-state index contributed by atoms with van der Waals surface area (Å²) in [4.78, 5) is 18.8. The second kappa shape index (κ2) is 7.09. The van der Waals surface area contributed by atoms with E-state index < -0.39 is 0 Å². The number of nitrogens with one attached hydrogen (secondary N) is 1. The SMILES string of the molecule is CC(C)(C)c1ccc(N2CCC(C(=O)NCCN)CC2)nc1. The molecule has 0 spiro atoms. The van der Waals surface area contributed by atoms with Gasteiger partial charge in [-0.05, 0) is 29.9 Å². The van der Waals surface area contributed by atoms with Crippen molar-refractivity contribution in [3.8, 4) is 0 Å². The number of hydrogen-bond donors (Lipinski definition) is 2. The maximum absolute atomic E-state index is 12.0. The normalized spacial score (nSPS) is 16.6. The summed E-state index contributed by atoms with van der Waals surface area (Å²) in [6.45, 7) is 9.38. The molecule has 2 rings (SSSR count). The standard InChI is InChI=1S/C17H28N4O/c1-17(2,3)14-4-5-15(20-12-14)21-10-6-13(7-11-21)16(22)19-9-8-18/h4-5,12-13H,6-11,18H2,1-3H3,(H,19,22). The quantitative estimate of drug-likeness (QED) is 0.887. The first-order valence-corrected chi connectivity index (χ1v) is 8.11. The second-order valence-corrected chi connectivity index (χ2v) is 7.00. The highest BCUT2D eigenvalue weighted by atomic mass is 16.1. The van der Waals surface area contributed by atoms with E-state index in [0.29, 0.717) is 13.1 Å². The number of nitrogens with zero attached hydrogens (tertiary/aromatic N) is 2. The number of anilines is 1. The molecule has 5 heteroatoms. The molecule has 22 heavy (non-hydrogen) atoms. The summed E-state index contributed by atoms with van der Waals surface area (Å²) in [5.41, 5.74) is 6.78. The molecule has 1 aliphatic heterocycles. The molecule has 1 fully saturated rings. The van der Waals surface area contributed by atoms with Crippen LogP contribution in [0.5, 0.6) is 0 Å². The fourth-order valence-electron chi connectivity index (χ4n) is 2.73. The molecule has 3 N–H and O–H groups in total. The first kappa shape index (κ1) is 16.7. The molecule has 0 saturated carbocycles. The van der Waals surface area contributed by atoms with Crippen molar-refractivity contribution in [3.05, 3.63) is 23.9 Å². The van der Waals surface area contributed by atoms with Crippen LogP contribution in [0, 0.1) is 5.92 Å². The fraction of sp³-hybridized carbons (Fsp3) is 0.647. The van der Waals surface area contributed by atoms with Gasteiger partial charge in [0.2, 0.25) is 5.91 Å². The Labute approximate surface area is 133 Å². The number of amides is 1. The lowest BCUT2D eigenvalue weighted by atomic mass is 9.88. The van der Waals surface area contributed by atoms with Crippen LogP contribution in [0.2, 0.25) is 0 Å². The Bertz CT molecular complexity index is 484. The molecule has 1 saturated heterocycles. The van der Waals surface area contributed by atoms with Crippen molar-refractivity contribution in [3.63, 3.8) is 0 Å². The van der Waals surface area contributed by atoms with Crippen molar-refractivity contribution in [2.24, 2.45) is 11.7 Å². The predicted molar refractivity (Wildman–Crippen MR) is 89.9 cm³/mol. The highest BCUT2D eigenvalue weighted by Gasteiger charge is 2.25. The lowest BCUT2D eigenvalue weighted by Gasteiger charge is -2.32. The van der Waals surface area contributed by atoms with Gasteiger partial charge in [-0.2, -0.15) is 0 Å². The summed E-state index contributed by atoms with van der Waals surface area (Å²) in [7, 11) is 0. The summed E-state index contributed by atoms with van der Waals surface area (Å²) in [5.74, 6) is 1.26. The van der Waals surface area contributed by atoms with E-state index in [4.69, 9.17) is 5.73 Å². The molecule has 2 heterocycles. The van der Waals surface area contributed by atoms with Crippen molar-refractivity contribution in [2.45, 2.75) is 39.0 Å². The molecule has 1 amide bonds. The average molecular weight is 304 g/mol. The minimum atomic E-state index is 0.108. The van der Waals surface area contributed by atoms with E-state index in [1.54, 1.807) is 0 Å². The maximum atomic E-state index is 12.0. The van der Waals surface area contributed by atoms with Gasteiger partial charge < -0.3 is 16.0 Å². The molecular formula is C17H28N4O. The lowest BCUT2D eigenvalue weighted by molar-refractivity contribution is -0.125. The monoisotopic (exact) mass is 304 g/mol. The Kier molecular flexibility index (Phi) is 5.40. The molecule has 5 nitrogen and oxygen atoms in total. The van der Waals surface area contributed by atoms with Gasteiger partial charge in [-0.1, -0.05) is 26.8 Å². The van der Waals surface area contributed by atoms with Crippen LogP contribution in [-0.4, -0.2) is 37.1 Å². The number of rotatable bonds is 4. The molecule has 1 aromatic rings. The van der Waals surface area contributed by atoms with Crippen LogP contribution in [0.15, 0.2) is 18.3 Å². The molecule has 0 aromatic carbocycles. The number of piperidine rings is 1. The molecule has 0 aliphatic carbocycles. The summed E-state index contributed by atoms with van der Waals surface area (Å²) in [6, 6.07) is 4.25. The van der Waals surface area contributed by atoms with Gasteiger partial charge in [0.15, 0.2) is 0 Å². The van der Waals surface area contributed by atoms with Gasteiger partial charge in [0.05, 0.1) is 0 Å². The Morgan fingerprint density at radius 1 is 1.36 bits per heavy atom. The van der Waals surface area contributed by atoms with Gasteiger partial charge >= 0.3 is 0 Å². The van der Waals surface area contributed by atoms with E-state index in [-0.39, 0.29) is 17.2 Å². The van der Waals surface area contributed by atoms with Crippen molar-refractivity contribution in [2.75, 3.05) is 31.1 Å². The maximum Gasteiger partial charge on any atom is 0.223 e. The summed E-state index contributed by atoms with van der Waals surface area (Å²) < 4.78 is 0. The molecule has 0 atom stereocenters. The predicted octanol–water partition coefficient (Wildman–Crippen LogP) is 1.67. The first-order chi connectivity index (χ1) is 10.4. The zero-order valence-corrected chi connectivity index (χ0v) is 13.9. The molecule has 0 radical (unpaired) electrons. The van der Waals surface area contributed by atoms with E-state index >= 15 is 0 Å². The van der Waals surface area contributed by atoms with Crippen molar-refractivity contribution in [1.29, 1.82) is 0 Å². The number of aromatic nitrogens is 1. The summed E-state index contributed by atoms with van der Waals surface area (Å²) >= 11 is 0. The smallest absolute Gasteiger partial charge is 0.223 e. The third-order valence-corrected chi connectivity index (χ3v) is 4.25. The van der Waals surface area contributed by atoms with Crippen LogP contribution in [0.3, 0.4) is 0 Å². The van der Waals surface area contributed by atoms with Crippen LogP contribution in [-0.2, 0) is 10.2 Å². The number of carbonyl (C=O) groups is 1. The van der Waals surface area contributed by atoms with Crippen LogP contribution in [0.1, 0.15) is 39.2 Å². The highest BCUT2D eigenvalue weighted by molar-refractivity contribution is 5.78. The van der Waals surface area contributed by atoms with Gasteiger partial charge in [0, 0.05) is 38.3 Å². The molecule has 1 aliphatic rings.